The zero-order valence-electron chi connectivity index (χ0n) is 27.8. The second-order valence-electron chi connectivity index (χ2n) is 14.8. The van der Waals surface area contributed by atoms with Gasteiger partial charge in [-0.25, -0.2) is 0 Å². The number of para-hydroxylation sites is 1. The zero-order chi connectivity index (χ0) is 32.8. The smallest absolute Gasteiger partial charge is 0.262 e. The number of allylic oxidation sites excluding steroid dienone is 4. The molecule has 6 nitrogen and oxygen atoms in total. The summed E-state index contributed by atoms with van der Waals surface area (Å²) in [6.45, 7) is 12.9. The van der Waals surface area contributed by atoms with E-state index >= 15 is 0 Å². The van der Waals surface area contributed by atoms with Crippen LogP contribution >= 0.6 is 0 Å². The van der Waals surface area contributed by atoms with E-state index in [1.54, 1.807) is 0 Å². The Morgan fingerprint density at radius 2 is 1.39 bits per heavy atom. The molecule has 0 aromatic heterocycles. The number of nitrogens with zero attached hydrogens (tertiary/aromatic N) is 1. The predicted octanol–water partition coefficient (Wildman–Crippen LogP) is 8.21. The molecule has 0 atom stereocenters. The van der Waals surface area contributed by atoms with E-state index in [2.05, 4.69) is 50.0 Å². The van der Waals surface area contributed by atoms with Crippen LogP contribution in [0.1, 0.15) is 81.5 Å². The summed E-state index contributed by atoms with van der Waals surface area (Å²) in [6.07, 6.45) is 2.27. The van der Waals surface area contributed by atoms with Crippen LogP contribution in [0.2, 0.25) is 0 Å². The summed E-state index contributed by atoms with van der Waals surface area (Å²) in [4.78, 5) is 43.9. The standard InChI is InChI=1S/C40H44N2O4/c1-25-16-17-26(2)29(18-25)41-35(45)24-46-34-15-11-10-14-28(34)36-37-30(19-39(3,4)21-32(37)43)42(23-27-12-8-7-9-13-27)31-20-40(5,6)22-33(44)38(31)36/h7-18,36H,19-24H2,1-6H3,(H,41,45). The van der Waals surface area contributed by atoms with Gasteiger partial charge >= 0.3 is 0 Å². The minimum absolute atomic E-state index is 0.0703. The SMILES string of the molecule is Cc1ccc(C)c(NC(=O)COc2ccccc2C2C3=C(CC(C)(C)CC3=O)N(Cc3ccccc3)C3=C2C(=O)CC(C)(C)C3)c1. The van der Waals surface area contributed by atoms with Crippen molar-refractivity contribution < 1.29 is 19.1 Å². The minimum Gasteiger partial charge on any atom is -0.483 e. The van der Waals surface area contributed by atoms with Gasteiger partial charge in [0.15, 0.2) is 18.2 Å². The Balaban J connectivity index is 1.43. The molecule has 1 aliphatic heterocycles. The Hall–Kier alpha value is -4.45. The largest absolute Gasteiger partial charge is 0.483 e. The van der Waals surface area contributed by atoms with Crippen molar-refractivity contribution in [3.63, 3.8) is 0 Å². The van der Waals surface area contributed by atoms with Crippen molar-refractivity contribution in [2.75, 3.05) is 11.9 Å². The van der Waals surface area contributed by atoms with Crippen LogP contribution < -0.4 is 10.1 Å². The number of amides is 1. The number of anilines is 1. The van der Waals surface area contributed by atoms with Crippen LogP contribution in [-0.2, 0) is 20.9 Å². The van der Waals surface area contributed by atoms with Crippen molar-refractivity contribution in [3.05, 3.63) is 118 Å². The third kappa shape index (κ3) is 6.31. The third-order valence-corrected chi connectivity index (χ3v) is 9.46. The van der Waals surface area contributed by atoms with Gasteiger partial charge in [0.2, 0.25) is 0 Å². The molecule has 46 heavy (non-hydrogen) atoms. The lowest BCUT2D eigenvalue weighted by molar-refractivity contribution is -0.120. The Kier molecular flexibility index (Phi) is 8.26. The van der Waals surface area contributed by atoms with E-state index in [0.29, 0.717) is 36.3 Å². The molecule has 2 aliphatic carbocycles. The fraction of sp³-hybridized carbons (Fsp3) is 0.375. The van der Waals surface area contributed by atoms with Crippen molar-refractivity contribution in [2.24, 2.45) is 10.8 Å². The number of hydrogen-bond donors (Lipinski definition) is 1. The van der Waals surface area contributed by atoms with Crippen molar-refractivity contribution in [1.82, 2.24) is 4.90 Å². The van der Waals surface area contributed by atoms with Crippen LogP contribution in [0.25, 0.3) is 0 Å². The van der Waals surface area contributed by atoms with Crippen LogP contribution in [0.3, 0.4) is 0 Å². The van der Waals surface area contributed by atoms with Crippen molar-refractivity contribution in [1.29, 1.82) is 0 Å². The van der Waals surface area contributed by atoms with Gasteiger partial charge in [0.05, 0.1) is 0 Å². The van der Waals surface area contributed by atoms with Gasteiger partial charge in [-0.1, -0.05) is 88.4 Å². The molecule has 3 aromatic carbocycles. The lowest BCUT2D eigenvalue weighted by atomic mass is 9.63. The number of ketones is 2. The molecule has 238 valence electrons. The second-order valence-corrected chi connectivity index (χ2v) is 14.8. The number of carbonyl (C=O) groups is 3. The maximum Gasteiger partial charge on any atom is 0.262 e. The molecule has 6 heteroatoms. The van der Waals surface area contributed by atoms with Gasteiger partial charge in [-0.3, -0.25) is 14.4 Å². The molecule has 0 spiro atoms. The van der Waals surface area contributed by atoms with Gasteiger partial charge in [0, 0.05) is 59.1 Å². The maximum atomic E-state index is 14.3. The van der Waals surface area contributed by atoms with E-state index < -0.39 is 5.92 Å². The van der Waals surface area contributed by atoms with Crippen molar-refractivity contribution in [2.45, 2.75) is 79.7 Å². The number of rotatable bonds is 7. The molecule has 0 saturated heterocycles. The van der Waals surface area contributed by atoms with Gasteiger partial charge < -0.3 is 15.0 Å². The number of benzene rings is 3. The van der Waals surface area contributed by atoms with Crippen LogP contribution in [0.5, 0.6) is 5.75 Å². The highest BCUT2D eigenvalue weighted by Crippen LogP contribution is 2.55. The first-order chi connectivity index (χ1) is 21.8. The molecular weight excluding hydrogens is 572 g/mol. The van der Waals surface area contributed by atoms with Gasteiger partial charge in [0.25, 0.3) is 5.91 Å². The molecule has 1 amide bonds. The molecule has 0 saturated carbocycles. The number of hydrogen-bond acceptors (Lipinski definition) is 5. The van der Waals surface area contributed by atoms with E-state index in [-0.39, 0.29) is 34.9 Å². The normalized spacial score (nSPS) is 19.1. The molecule has 1 N–H and O–H groups in total. The molecule has 0 radical (unpaired) electrons. The Morgan fingerprint density at radius 1 is 0.804 bits per heavy atom. The zero-order valence-corrected chi connectivity index (χ0v) is 27.8. The lowest BCUT2D eigenvalue weighted by Gasteiger charge is -2.49. The summed E-state index contributed by atoms with van der Waals surface area (Å²) in [6, 6.07) is 23.8. The van der Waals surface area contributed by atoms with Gasteiger partial charge in [0.1, 0.15) is 5.75 Å². The van der Waals surface area contributed by atoms with E-state index in [4.69, 9.17) is 4.74 Å². The highest BCUT2D eigenvalue weighted by atomic mass is 16.5. The third-order valence-electron chi connectivity index (χ3n) is 9.46. The summed E-state index contributed by atoms with van der Waals surface area (Å²) in [5, 5.41) is 2.97. The van der Waals surface area contributed by atoms with E-state index in [1.807, 2.05) is 74.5 Å². The van der Waals surface area contributed by atoms with E-state index in [0.717, 1.165) is 52.2 Å². The van der Waals surface area contributed by atoms with Crippen LogP contribution in [0, 0.1) is 24.7 Å². The number of aryl methyl sites for hydroxylation is 2. The topological polar surface area (TPSA) is 75.7 Å². The van der Waals surface area contributed by atoms with Crippen LogP contribution in [-0.4, -0.2) is 29.0 Å². The van der Waals surface area contributed by atoms with Crippen molar-refractivity contribution >= 4 is 23.2 Å². The summed E-state index contributed by atoms with van der Waals surface area (Å²) in [7, 11) is 0. The molecule has 3 aromatic rings. The molecular formula is C40H44N2O4. The first-order valence-electron chi connectivity index (χ1n) is 16.2. The van der Waals surface area contributed by atoms with E-state index in [1.165, 1.54) is 0 Å². The van der Waals surface area contributed by atoms with Gasteiger partial charge in [-0.2, -0.15) is 0 Å². The average Bonchev–Trinajstić information content (AvgIpc) is 2.98. The molecule has 6 rings (SSSR count). The number of carbonyl (C=O) groups excluding carboxylic acids is 3. The quantitative estimate of drug-likeness (QED) is 0.290. The summed E-state index contributed by atoms with van der Waals surface area (Å²) in [5.74, 6) is -0.175. The molecule has 0 unspecified atom stereocenters. The van der Waals surface area contributed by atoms with Crippen LogP contribution in [0.15, 0.2) is 95.3 Å². The highest BCUT2D eigenvalue weighted by molar-refractivity contribution is 6.07. The van der Waals surface area contributed by atoms with Crippen molar-refractivity contribution in [3.8, 4) is 5.75 Å². The molecule has 3 aliphatic rings. The van der Waals surface area contributed by atoms with Crippen LogP contribution in [0.4, 0.5) is 5.69 Å². The molecule has 0 fully saturated rings. The Bertz CT molecular complexity index is 1730. The monoisotopic (exact) mass is 616 g/mol. The minimum atomic E-state index is -0.553. The summed E-state index contributed by atoms with van der Waals surface area (Å²) >= 11 is 0. The Labute approximate surface area is 272 Å². The fourth-order valence-electron chi connectivity index (χ4n) is 7.37. The van der Waals surface area contributed by atoms with Gasteiger partial charge in [-0.15, -0.1) is 0 Å². The fourth-order valence-corrected chi connectivity index (χ4v) is 7.37. The van der Waals surface area contributed by atoms with E-state index in [9.17, 15) is 14.4 Å². The van der Waals surface area contributed by atoms with Gasteiger partial charge in [-0.05, 0) is 66.3 Å². The number of ether oxygens (including phenoxy) is 1. The summed E-state index contributed by atoms with van der Waals surface area (Å²) < 4.78 is 6.24. The second kappa shape index (κ2) is 12.1. The number of nitrogens with one attached hydrogen (secondary N) is 1. The first-order valence-corrected chi connectivity index (χ1v) is 16.2. The number of Topliss-reactive ketones (excluding diaryl/α,β-unsaturated/α-hetero) is 2. The molecule has 0 bridgehead atoms. The maximum absolute atomic E-state index is 14.3. The first kappa shape index (κ1) is 31.5. The highest BCUT2D eigenvalue weighted by Gasteiger charge is 2.49. The average molecular weight is 617 g/mol. The predicted molar refractivity (Wildman–Crippen MR) is 181 cm³/mol. The lowest BCUT2D eigenvalue weighted by Crippen LogP contribution is -2.44. The summed E-state index contributed by atoms with van der Waals surface area (Å²) in [5.41, 5.74) is 7.61. The Morgan fingerprint density at radius 3 is 2.02 bits per heavy atom. The molecule has 1 heterocycles.